The first-order chi connectivity index (χ1) is 14.7. The van der Waals surface area contributed by atoms with Crippen molar-refractivity contribution in [2.45, 2.75) is 103 Å². The van der Waals surface area contributed by atoms with Crippen molar-refractivity contribution < 1.29 is 4.74 Å². The van der Waals surface area contributed by atoms with Crippen LogP contribution in [0.15, 0.2) is 29.1 Å². The van der Waals surface area contributed by atoms with Gasteiger partial charge in [-0.3, -0.25) is 4.57 Å². The van der Waals surface area contributed by atoms with Gasteiger partial charge >= 0.3 is 5.69 Å². The molecular weight excluding hydrogens is 372 g/mol. The summed E-state index contributed by atoms with van der Waals surface area (Å²) in [7, 11) is 0. The highest BCUT2D eigenvalue weighted by atomic mass is 16.5. The van der Waals surface area contributed by atoms with E-state index in [9.17, 15) is 4.79 Å². The van der Waals surface area contributed by atoms with Crippen LogP contribution in [0, 0.1) is 6.92 Å². The number of aryl methyl sites for hydroxylation is 1. The minimum absolute atomic E-state index is 0.0319. The Kier molecular flexibility index (Phi) is 9.10. The third-order valence-electron chi connectivity index (χ3n) is 6.44. The van der Waals surface area contributed by atoms with Crippen LogP contribution in [-0.2, 0) is 0 Å². The predicted molar refractivity (Wildman–Crippen MR) is 125 cm³/mol. The van der Waals surface area contributed by atoms with E-state index in [1.165, 1.54) is 64.2 Å². The van der Waals surface area contributed by atoms with E-state index in [-0.39, 0.29) is 5.69 Å². The molecule has 3 rings (SSSR count). The van der Waals surface area contributed by atoms with Crippen molar-refractivity contribution in [3.8, 4) is 17.0 Å². The van der Waals surface area contributed by atoms with Crippen LogP contribution >= 0.6 is 0 Å². The van der Waals surface area contributed by atoms with Crippen molar-refractivity contribution in [1.82, 2.24) is 9.55 Å². The van der Waals surface area contributed by atoms with Crippen LogP contribution in [0.2, 0.25) is 0 Å². The molecule has 1 aromatic heterocycles. The Bertz CT molecular complexity index is 797. The zero-order valence-corrected chi connectivity index (χ0v) is 19.0. The fourth-order valence-electron chi connectivity index (χ4n) is 4.74. The highest BCUT2D eigenvalue weighted by Gasteiger charge is 2.22. The molecule has 166 valence electrons. The minimum atomic E-state index is 0.0319. The molecule has 0 spiro atoms. The standard InChI is InChI=1S/C26H40N2O2/c1-3-4-5-6-7-8-9-13-20-30-24-18-16-22(17-19-24)25-21(2)27-26(29)28(25)23-14-11-10-12-15-23/h16-19,23H,3-15,20H2,1-2H3,(H,27,29). The summed E-state index contributed by atoms with van der Waals surface area (Å²) in [6.45, 7) is 5.05. The number of nitrogens with one attached hydrogen (secondary N) is 1. The van der Waals surface area contributed by atoms with Crippen LogP contribution in [-0.4, -0.2) is 16.2 Å². The van der Waals surface area contributed by atoms with Crippen molar-refractivity contribution >= 4 is 0 Å². The Hall–Kier alpha value is -1.97. The summed E-state index contributed by atoms with van der Waals surface area (Å²) in [4.78, 5) is 15.6. The van der Waals surface area contributed by atoms with E-state index in [2.05, 4.69) is 24.0 Å². The molecule has 0 atom stereocenters. The van der Waals surface area contributed by atoms with Gasteiger partial charge in [-0.2, -0.15) is 0 Å². The third kappa shape index (κ3) is 6.26. The van der Waals surface area contributed by atoms with Gasteiger partial charge in [-0.1, -0.05) is 71.1 Å². The van der Waals surface area contributed by atoms with Gasteiger partial charge in [0, 0.05) is 17.3 Å². The van der Waals surface area contributed by atoms with E-state index >= 15 is 0 Å². The molecule has 0 saturated heterocycles. The molecule has 1 fully saturated rings. The second kappa shape index (κ2) is 12.0. The number of aromatic nitrogens is 2. The van der Waals surface area contributed by atoms with Gasteiger partial charge in [-0.25, -0.2) is 4.79 Å². The number of nitrogens with zero attached hydrogens (tertiary/aromatic N) is 1. The van der Waals surface area contributed by atoms with E-state index < -0.39 is 0 Å². The fraction of sp³-hybridized carbons (Fsp3) is 0.654. The van der Waals surface area contributed by atoms with Crippen LogP contribution in [0.1, 0.15) is 102 Å². The van der Waals surface area contributed by atoms with Crippen LogP contribution in [0.25, 0.3) is 11.3 Å². The maximum atomic E-state index is 12.6. The quantitative estimate of drug-likeness (QED) is 0.375. The molecule has 1 aliphatic rings. The van der Waals surface area contributed by atoms with Crippen molar-refractivity contribution in [3.05, 3.63) is 40.4 Å². The zero-order valence-electron chi connectivity index (χ0n) is 19.0. The summed E-state index contributed by atoms with van der Waals surface area (Å²) in [5.41, 5.74) is 3.12. The topological polar surface area (TPSA) is 47.0 Å². The molecule has 1 aromatic carbocycles. The van der Waals surface area contributed by atoms with Gasteiger partial charge in [0.25, 0.3) is 0 Å². The van der Waals surface area contributed by atoms with E-state index in [4.69, 9.17) is 4.74 Å². The van der Waals surface area contributed by atoms with Crippen molar-refractivity contribution in [1.29, 1.82) is 0 Å². The second-order valence-corrected chi connectivity index (χ2v) is 8.91. The van der Waals surface area contributed by atoms with Gasteiger partial charge in [0.05, 0.1) is 12.3 Å². The molecule has 1 aliphatic carbocycles. The lowest BCUT2D eigenvalue weighted by atomic mass is 9.94. The molecule has 0 radical (unpaired) electrons. The lowest BCUT2D eigenvalue weighted by Gasteiger charge is -2.24. The SMILES string of the molecule is CCCCCCCCCCOc1ccc(-c2c(C)[nH]c(=O)n2C2CCCCC2)cc1. The second-order valence-electron chi connectivity index (χ2n) is 8.91. The van der Waals surface area contributed by atoms with Gasteiger partial charge in [-0.05, 0) is 50.5 Å². The smallest absolute Gasteiger partial charge is 0.326 e. The average molecular weight is 413 g/mol. The maximum absolute atomic E-state index is 12.6. The summed E-state index contributed by atoms with van der Waals surface area (Å²) in [6.07, 6.45) is 16.4. The largest absolute Gasteiger partial charge is 0.494 e. The lowest BCUT2D eigenvalue weighted by molar-refractivity contribution is 0.304. The molecule has 1 heterocycles. The average Bonchev–Trinajstić information content (AvgIpc) is 3.07. The van der Waals surface area contributed by atoms with Crippen LogP contribution < -0.4 is 10.4 Å². The van der Waals surface area contributed by atoms with Crippen LogP contribution in [0.4, 0.5) is 0 Å². The summed E-state index contributed by atoms with van der Waals surface area (Å²) >= 11 is 0. The van der Waals surface area contributed by atoms with Crippen LogP contribution in [0.5, 0.6) is 5.75 Å². The number of unbranched alkanes of at least 4 members (excludes halogenated alkanes) is 7. The van der Waals surface area contributed by atoms with E-state index in [0.717, 1.165) is 48.6 Å². The molecule has 30 heavy (non-hydrogen) atoms. The van der Waals surface area contributed by atoms with Gasteiger partial charge in [0.15, 0.2) is 0 Å². The van der Waals surface area contributed by atoms with Crippen molar-refractivity contribution in [3.63, 3.8) is 0 Å². The normalized spacial score (nSPS) is 14.9. The van der Waals surface area contributed by atoms with Crippen LogP contribution in [0.3, 0.4) is 0 Å². The number of H-pyrrole nitrogens is 1. The minimum Gasteiger partial charge on any atom is -0.494 e. The number of hydrogen-bond acceptors (Lipinski definition) is 2. The summed E-state index contributed by atoms with van der Waals surface area (Å²) in [5, 5.41) is 0. The molecule has 1 saturated carbocycles. The highest BCUT2D eigenvalue weighted by Crippen LogP contribution is 2.33. The van der Waals surface area contributed by atoms with Crippen molar-refractivity contribution in [2.75, 3.05) is 6.61 Å². The maximum Gasteiger partial charge on any atom is 0.326 e. The number of imidazole rings is 1. The molecule has 2 aromatic rings. The monoisotopic (exact) mass is 412 g/mol. The van der Waals surface area contributed by atoms with E-state index in [0.29, 0.717) is 6.04 Å². The molecule has 4 heteroatoms. The zero-order chi connectivity index (χ0) is 21.2. The Morgan fingerprint density at radius 1 is 0.933 bits per heavy atom. The first kappa shape index (κ1) is 22.7. The molecule has 0 bridgehead atoms. The molecule has 0 aliphatic heterocycles. The Balaban J connectivity index is 1.51. The summed E-state index contributed by atoms with van der Waals surface area (Å²) < 4.78 is 7.95. The first-order valence-corrected chi connectivity index (χ1v) is 12.2. The first-order valence-electron chi connectivity index (χ1n) is 12.2. The van der Waals surface area contributed by atoms with E-state index in [1.54, 1.807) is 0 Å². The fourth-order valence-corrected chi connectivity index (χ4v) is 4.74. The van der Waals surface area contributed by atoms with Gasteiger partial charge in [-0.15, -0.1) is 0 Å². The summed E-state index contributed by atoms with van der Waals surface area (Å²) in [5.74, 6) is 0.918. The highest BCUT2D eigenvalue weighted by molar-refractivity contribution is 5.63. The lowest BCUT2D eigenvalue weighted by Crippen LogP contribution is -2.24. The number of ether oxygens (including phenoxy) is 1. The molecule has 0 amide bonds. The van der Waals surface area contributed by atoms with Crippen molar-refractivity contribution in [2.24, 2.45) is 0 Å². The Labute approximate surface area is 182 Å². The summed E-state index contributed by atoms with van der Waals surface area (Å²) in [6, 6.07) is 8.60. The Morgan fingerprint density at radius 2 is 1.57 bits per heavy atom. The molecular formula is C26H40N2O2. The van der Waals surface area contributed by atoms with E-state index in [1.807, 2.05) is 23.6 Å². The molecule has 0 unspecified atom stereocenters. The Morgan fingerprint density at radius 3 is 2.23 bits per heavy atom. The number of benzene rings is 1. The molecule has 4 nitrogen and oxygen atoms in total. The van der Waals surface area contributed by atoms with Gasteiger partial charge in [0.2, 0.25) is 0 Å². The number of rotatable bonds is 12. The number of aromatic amines is 1. The van der Waals surface area contributed by atoms with Gasteiger partial charge < -0.3 is 9.72 Å². The third-order valence-corrected chi connectivity index (χ3v) is 6.44. The molecule has 1 N–H and O–H groups in total. The predicted octanol–water partition coefficient (Wildman–Crippen LogP) is 7.18. The van der Waals surface area contributed by atoms with Gasteiger partial charge in [0.1, 0.15) is 5.75 Å². The number of hydrogen-bond donors (Lipinski definition) is 1.